The summed E-state index contributed by atoms with van der Waals surface area (Å²) in [6.45, 7) is 7.38. The zero-order valence-electron chi connectivity index (χ0n) is 17.2. The Hall–Kier alpha value is -2.47. The minimum atomic E-state index is -0.247. The number of rotatable bonds is 2. The molecule has 4 rings (SSSR count). The highest BCUT2D eigenvalue weighted by Gasteiger charge is 2.49. The van der Waals surface area contributed by atoms with E-state index in [0.717, 1.165) is 29.8 Å². The number of urea groups is 1. The maximum atomic E-state index is 12.8. The van der Waals surface area contributed by atoms with Crippen molar-refractivity contribution < 1.29 is 9.59 Å². The van der Waals surface area contributed by atoms with Crippen molar-refractivity contribution in [2.45, 2.75) is 38.5 Å². The summed E-state index contributed by atoms with van der Waals surface area (Å²) < 4.78 is 0. The Balaban J connectivity index is 1.45. The molecule has 2 aromatic carbocycles. The number of likely N-dealkylation sites (tertiary alicyclic amines) is 1. The van der Waals surface area contributed by atoms with E-state index in [2.05, 4.69) is 11.4 Å². The van der Waals surface area contributed by atoms with Gasteiger partial charge in [-0.05, 0) is 57.4 Å². The lowest BCUT2D eigenvalue weighted by molar-refractivity contribution is -0.116. The molecule has 5 nitrogen and oxygen atoms in total. The Bertz CT molecular complexity index is 934. The molecular weight excluding hydrogens is 382 g/mol. The molecule has 0 aliphatic carbocycles. The van der Waals surface area contributed by atoms with Gasteiger partial charge in [-0.15, -0.1) is 11.8 Å². The van der Waals surface area contributed by atoms with E-state index in [-0.39, 0.29) is 16.8 Å². The number of carbonyl (C=O) groups is 2. The van der Waals surface area contributed by atoms with Gasteiger partial charge in [-0.2, -0.15) is 0 Å². The van der Waals surface area contributed by atoms with E-state index >= 15 is 0 Å². The Morgan fingerprint density at radius 2 is 1.66 bits per heavy atom. The molecule has 0 unspecified atom stereocenters. The second-order valence-electron chi connectivity index (χ2n) is 8.04. The van der Waals surface area contributed by atoms with E-state index in [1.54, 1.807) is 11.8 Å². The number of anilines is 2. The van der Waals surface area contributed by atoms with Crippen LogP contribution in [0, 0.1) is 20.8 Å². The van der Waals surface area contributed by atoms with Crippen LogP contribution in [0.3, 0.4) is 0 Å². The van der Waals surface area contributed by atoms with Crippen molar-refractivity contribution in [3.63, 3.8) is 0 Å². The van der Waals surface area contributed by atoms with Gasteiger partial charge in [0.1, 0.15) is 0 Å². The van der Waals surface area contributed by atoms with E-state index in [9.17, 15) is 9.59 Å². The minimum Gasteiger partial charge on any atom is -0.324 e. The topological polar surface area (TPSA) is 52.7 Å². The Morgan fingerprint density at radius 3 is 2.31 bits per heavy atom. The second kappa shape index (κ2) is 7.75. The third-order valence-electron chi connectivity index (χ3n) is 5.87. The largest absolute Gasteiger partial charge is 0.324 e. The van der Waals surface area contributed by atoms with E-state index in [0.29, 0.717) is 18.8 Å². The zero-order valence-corrected chi connectivity index (χ0v) is 18.0. The number of nitrogens with one attached hydrogen (secondary N) is 1. The molecule has 2 aromatic rings. The average Bonchev–Trinajstić information content (AvgIpc) is 3.01. The Morgan fingerprint density at radius 1 is 1.00 bits per heavy atom. The molecule has 2 heterocycles. The van der Waals surface area contributed by atoms with Crippen LogP contribution >= 0.6 is 11.8 Å². The van der Waals surface area contributed by atoms with Crippen LogP contribution in [-0.4, -0.2) is 40.6 Å². The van der Waals surface area contributed by atoms with Gasteiger partial charge in [0.15, 0.2) is 0 Å². The Kier molecular flexibility index (Phi) is 5.30. The molecule has 1 N–H and O–H groups in total. The summed E-state index contributed by atoms with van der Waals surface area (Å²) in [6.07, 6.45) is 1.55. The van der Waals surface area contributed by atoms with Crippen LogP contribution in [-0.2, 0) is 4.79 Å². The van der Waals surface area contributed by atoms with Crippen LogP contribution in [0.15, 0.2) is 42.5 Å². The van der Waals surface area contributed by atoms with Gasteiger partial charge in [0.25, 0.3) is 0 Å². The van der Waals surface area contributed by atoms with Crippen molar-refractivity contribution in [3.05, 3.63) is 59.2 Å². The molecule has 29 heavy (non-hydrogen) atoms. The highest BCUT2D eigenvalue weighted by Crippen LogP contribution is 2.46. The number of benzene rings is 2. The molecule has 1 spiro atoms. The van der Waals surface area contributed by atoms with Gasteiger partial charge in [-0.25, -0.2) is 4.79 Å². The van der Waals surface area contributed by atoms with Gasteiger partial charge in [-0.1, -0.05) is 35.4 Å². The van der Waals surface area contributed by atoms with Crippen molar-refractivity contribution in [1.29, 1.82) is 0 Å². The van der Waals surface area contributed by atoms with Gasteiger partial charge in [-0.3, -0.25) is 9.69 Å². The molecule has 6 heteroatoms. The lowest BCUT2D eigenvalue weighted by Gasteiger charge is -2.44. The number of carbonyl (C=O) groups excluding carboxylic acids is 2. The fourth-order valence-electron chi connectivity index (χ4n) is 4.20. The van der Waals surface area contributed by atoms with Crippen molar-refractivity contribution in [2.75, 3.05) is 29.1 Å². The molecule has 0 aromatic heterocycles. The summed E-state index contributed by atoms with van der Waals surface area (Å²) in [6, 6.07) is 14.1. The lowest BCUT2D eigenvalue weighted by Crippen LogP contribution is -2.53. The third kappa shape index (κ3) is 3.86. The molecular formula is C23H27N3O2S. The summed E-state index contributed by atoms with van der Waals surface area (Å²) >= 11 is 1.72. The summed E-state index contributed by atoms with van der Waals surface area (Å²) in [4.78, 5) is 29.0. The Labute approximate surface area is 176 Å². The van der Waals surface area contributed by atoms with E-state index < -0.39 is 0 Å². The van der Waals surface area contributed by atoms with Gasteiger partial charge in [0.2, 0.25) is 5.91 Å². The van der Waals surface area contributed by atoms with Crippen molar-refractivity contribution >= 4 is 35.1 Å². The first kappa shape index (κ1) is 19.8. The number of piperidine rings is 1. The third-order valence-corrected chi connectivity index (χ3v) is 7.39. The molecule has 0 radical (unpaired) electrons. The minimum absolute atomic E-state index is 0.0667. The van der Waals surface area contributed by atoms with Crippen molar-refractivity contribution in [3.8, 4) is 0 Å². The van der Waals surface area contributed by atoms with Crippen molar-refractivity contribution in [2.24, 2.45) is 0 Å². The van der Waals surface area contributed by atoms with E-state index in [1.807, 2.05) is 67.0 Å². The van der Waals surface area contributed by atoms with Crippen LogP contribution in [0.5, 0.6) is 0 Å². The van der Waals surface area contributed by atoms with Crippen molar-refractivity contribution in [1.82, 2.24) is 4.90 Å². The van der Waals surface area contributed by atoms with Crippen LogP contribution in [0.2, 0.25) is 0 Å². The normalized spacial score (nSPS) is 18.4. The summed E-state index contributed by atoms with van der Waals surface area (Å²) in [5.74, 6) is 0.662. The van der Waals surface area contributed by atoms with Crippen LogP contribution < -0.4 is 10.2 Å². The summed E-state index contributed by atoms with van der Waals surface area (Å²) in [7, 11) is 0. The highest BCUT2D eigenvalue weighted by molar-refractivity contribution is 8.02. The fraction of sp³-hybridized carbons (Fsp3) is 0.391. The monoisotopic (exact) mass is 409 g/mol. The fourth-order valence-corrected chi connectivity index (χ4v) is 5.53. The maximum absolute atomic E-state index is 12.8. The number of aryl methyl sites for hydroxylation is 3. The molecule has 2 saturated heterocycles. The van der Waals surface area contributed by atoms with Gasteiger partial charge in [0, 0.05) is 24.5 Å². The first-order valence-corrected chi connectivity index (χ1v) is 11.0. The van der Waals surface area contributed by atoms with E-state index in [1.165, 1.54) is 11.1 Å². The highest BCUT2D eigenvalue weighted by atomic mass is 32.2. The number of nitrogens with zero attached hydrogens (tertiary/aromatic N) is 2. The summed E-state index contributed by atoms with van der Waals surface area (Å²) in [5.41, 5.74) is 5.24. The standard InChI is InChI=1S/C23H27N3O2S/c1-16-4-7-19(8-5-16)26-21(27)15-29-23(26)10-12-25(13-11-23)22(28)24-20-9-6-17(2)14-18(20)3/h4-9,14H,10-13,15H2,1-3H3,(H,24,28). The average molecular weight is 410 g/mol. The van der Waals surface area contributed by atoms with Gasteiger partial charge < -0.3 is 10.2 Å². The lowest BCUT2D eigenvalue weighted by atomic mass is 10.0. The van der Waals surface area contributed by atoms with E-state index in [4.69, 9.17) is 0 Å². The number of hydrogen-bond acceptors (Lipinski definition) is 3. The van der Waals surface area contributed by atoms with Gasteiger partial charge >= 0.3 is 6.03 Å². The second-order valence-corrected chi connectivity index (χ2v) is 9.37. The molecule has 0 bridgehead atoms. The molecule has 2 aliphatic rings. The predicted octanol–water partition coefficient (Wildman–Crippen LogP) is 4.72. The first-order chi connectivity index (χ1) is 13.9. The molecule has 0 saturated carbocycles. The van der Waals surface area contributed by atoms with Crippen LogP contribution in [0.1, 0.15) is 29.5 Å². The number of thioether (sulfide) groups is 1. The molecule has 152 valence electrons. The quantitative estimate of drug-likeness (QED) is 0.781. The van der Waals surface area contributed by atoms with Gasteiger partial charge in [0.05, 0.1) is 10.6 Å². The maximum Gasteiger partial charge on any atom is 0.321 e. The zero-order chi connectivity index (χ0) is 20.6. The smallest absolute Gasteiger partial charge is 0.321 e. The molecule has 2 fully saturated rings. The number of hydrogen-bond donors (Lipinski definition) is 1. The number of amides is 3. The summed E-state index contributed by atoms with van der Waals surface area (Å²) in [5, 5.41) is 3.04. The van der Waals surface area contributed by atoms with Crippen LogP contribution in [0.4, 0.5) is 16.2 Å². The first-order valence-electron chi connectivity index (χ1n) is 10.0. The molecule has 0 atom stereocenters. The SMILES string of the molecule is Cc1ccc(N2C(=O)CSC23CCN(C(=O)Nc2ccc(C)cc2C)CC3)cc1. The molecule has 3 amide bonds. The molecule has 2 aliphatic heterocycles. The van der Waals surface area contributed by atoms with Crippen LogP contribution in [0.25, 0.3) is 0 Å². The predicted molar refractivity (Wildman–Crippen MR) is 120 cm³/mol.